The monoisotopic (exact) mass is 256 g/mol. The second-order valence-corrected chi connectivity index (χ2v) is 4.77. The van der Waals surface area contributed by atoms with Gasteiger partial charge in [0.25, 0.3) is 0 Å². The Balaban J connectivity index is 2.36. The number of aromatic nitrogens is 1. The molecule has 1 aromatic rings. The normalized spacial score (nSPS) is 22.5. The number of nitrogens with one attached hydrogen (secondary N) is 1. The number of pyridine rings is 1. The first-order chi connectivity index (χ1) is 9.19. The standard InChI is InChI=1S/C15H20N4/c1-4-11(8-16)12-9-18-13-5-6-15(17-3)19-14(13)7-10(12)2/h4-6,8-10,12H,1,7,16H2,2-3H3,(H,17,19)/b11-8+. The minimum absolute atomic E-state index is 0.190. The van der Waals surface area contributed by atoms with Crippen LogP contribution in [-0.2, 0) is 6.42 Å². The summed E-state index contributed by atoms with van der Waals surface area (Å²) in [4.78, 5) is 9.14. The number of rotatable bonds is 3. The number of nitrogens with zero attached hydrogens (tertiary/aromatic N) is 2. The van der Waals surface area contributed by atoms with Crippen LogP contribution in [0.5, 0.6) is 0 Å². The summed E-state index contributed by atoms with van der Waals surface area (Å²) in [5.41, 5.74) is 8.63. The molecule has 2 rings (SSSR count). The molecular weight excluding hydrogens is 236 g/mol. The lowest BCUT2D eigenvalue weighted by Crippen LogP contribution is -2.17. The van der Waals surface area contributed by atoms with Crippen LogP contribution in [0.2, 0.25) is 0 Å². The van der Waals surface area contributed by atoms with Crippen LogP contribution < -0.4 is 11.1 Å². The molecule has 0 saturated carbocycles. The summed E-state index contributed by atoms with van der Waals surface area (Å²) in [5, 5.41) is 3.06. The lowest BCUT2D eigenvalue weighted by atomic mass is 9.85. The largest absolute Gasteiger partial charge is 0.404 e. The van der Waals surface area contributed by atoms with Crippen LogP contribution in [0.1, 0.15) is 12.6 Å². The Morgan fingerprint density at radius 1 is 1.53 bits per heavy atom. The summed E-state index contributed by atoms with van der Waals surface area (Å²) < 4.78 is 0. The van der Waals surface area contributed by atoms with Gasteiger partial charge in [0.05, 0.1) is 11.4 Å². The van der Waals surface area contributed by atoms with E-state index in [9.17, 15) is 0 Å². The molecule has 2 unspecified atom stereocenters. The molecule has 0 aliphatic carbocycles. The fourth-order valence-electron chi connectivity index (χ4n) is 2.37. The molecule has 100 valence electrons. The van der Waals surface area contributed by atoms with Crippen LogP contribution in [0.3, 0.4) is 0 Å². The van der Waals surface area contributed by atoms with Gasteiger partial charge in [-0.1, -0.05) is 19.6 Å². The van der Waals surface area contributed by atoms with Crippen molar-refractivity contribution in [2.75, 3.05) is 12.4 Å². The Kier molecular flexibility index (Phi) is 4.00. The van der Waals surface area contributed by atoms with Gasteiger partial charge in [0.1, 0.15) is 5.82 Å². The lowest BCUT2D eigenvalue weighted by molar-refractivity contribution is 0.511. The van der Waals surface area contributed by atoms with Gasteiger partial charge in [0.15, 0.2) is 0 Å². The Morgan fingerprint density at radius 2 is 2.32 bits per heavy atom. The Bertz CT molecular complexity index is 531. The average Bonchev–Trinajstić information content (AvgIpc) is 2.59. The molecule has 19 heavy (non-hydrogen) atoms. The smallest absolute Gasteiger partial charge is 0.126 e. The first-order valence-corrected chi connectivity index (χ1v) is 6.45. The number of fused-ring (bicyclic) bond motifs is 1. The maximum atomic E-state index is 5.66. The van der Waals surface area contributed by atoms with Crippen LogP contribution in [0, 0.1) is 11.8 Å². The maximum absolute atomic E-state index is 5.66. The summed E-state index contributed by atoms with van der Waals surface area (Å²) in [6.45, 7) is 6.00. The summed E-state index contributed by atoms with van der Waals surface area (Å²) in [6, 6.07) is 3.94. The zero-order chi connectivity index (χ0) is 13.8. The molecule has 3 N–H and O–H groups in total. The molecule has 0 aromatic carbocycles. The third-order valence-electron chi connectivity index (χ3n) is 3.52. The van der Waals surface area contributed by atoms with Gasteiger partial charge in [-0.3, -0.25) is 4.99 Å². The van der Waals surface area contributed by atoms with Crippen molar-refractivity contribution in [3.8, 4) is 0 Å². The molecule has 0 amide bonds. The van der Waals surface area contributed by atoms with Crippen molar-refractivity contribution in [2.24, 2.45) is 22.6 Å². The summed E-state index contributed by atoms with van der Waals surface area (Å²) in [6.07, 6.45) is 6.25. The van der Waals surface area contributed by atoms with Crippen molar-refractivity contribution in [1.29, 1.82) is 0 Å². The van der Waals surface area contributed by atoms with Gasteiger partial charge in [0, 0.05) is 19.2 Å². The highest BCUT2D eigenvalue weighted by atomic mass is 15.0. The van der Waals surface area contributed by atoms with Crippen LogP contribution >= 0.6 is 0 Å². The molecule has 0 fully saturated rings. The van der Waals surface area contributed by atoms with Crippen LogP contribution in [0.4, 0.5) is 11.5 Å². The lowest BCUT2D eigenvalue weighted by Gasteiger charge is -2.19. The molecule has 2 heterocycles. The van der Waals surface area contributed by atoms with Gasteiger partial charge in [-0.25, -0.2) is 4.98 Å². The summed E-state index contributed by atoms with van der Waals surface area (Å²) in [7, 11) is 1.87. The number of allylic oxidation sites excluding steroid dienone is 2. The molecule has 1 aliphatic heterocycles. The van der Waals surface area contributed by atoms with Gasteiger partial charge in [-0.15, -0.1) is 0 Å². The quantitative estimate of drug-likeness (QED) is 0.817. The second kappa shape index (κ2) is 5.69. The minimum atomic E-state index is 0.190. The van der Waals surface area contributed by atoms with Gasteiger partial charge in [-0.2, -0.15) is 0 Å². The van der Waals surface area contributed by atoms with E-state index in [0.717, 1.165) is 29.2 Å². The van der Waals surface area contributed by atoms with E-state index in [-0.39, 0.29) is 5.92 Å². The van der Waals surface area contributed by atoms with Crippen molar-refractivity contribution in [2.45, 2.75) is 13.3 Å². The third-order valence-corrected chi connectivity index (χ3v) is 3.52. The number of anilines is 1. The van der Waals surface area contributed by atoms with Gasteiger partial charge >= 0.3 is 0 Å². The fourth-order valence-corrected chi connectivity index (χ4v) is 2.37. The van der Waals surface area contributed by atoms with Crippen molar-refractivity contribution in [1.82, 2.24) is 4.98 Å². The van der Waals surface area contributed by atoms with Gasteiger partial charge < -0.3 is 11.1 Å². The fraction of sp³-hybridized carbons (Fsp3) is 0.333. The Hall–Kier alpha value is -2.10. The summed E-state index contributed by atoms with van der Waals surface area (Å²) in [5.74, 6) is 1.45. The molecule has 4 nitrogen and oxygen atoms in total. The van der Waals surface area contributed by atoms with Gasteiger partial charge in [0.2, 0.25) is 0 Å². The number of aliphatic imine (C=N–C) groups is 1. The molecule has 1 aromatic heterocycles. The number of hydrogen-bond donors (Lipinski definition) is 2. The molecule has 1 aliphatic rings. The van der Waals surface area contributed by atoms with Crippen LogP contribution in [0.15, 0.2) is 41.6 Å². The first-order valence-electron chi connectivity index (χ1n) is 6.45. The number of hydrogen-bond acceptors (Lipinski definition) is 4. The predicted molar refractivity (Wildman–Crippen MR) is 80.8 cm³/mol. The topological polar surface area (TPSA) is 63.3 Å². The Labute approximate surface area is 114 Å². The zero-order valence-corrected chi connectivity index (χ0v) is 11.4. The van der Waals surface area contributed by atoms with E-state index in [1.165, 1.54) is 0 Å². The van der Waals surface area contributed by atoms with Crippen molar-refractivity contribution >= 4 is 17.7 Å². The molecule has 2 atom stereocenters. The molecule has 0 radical (unpaired) electrons. The predicted octanol–water partition coefficient (Wildman–Crippen LogP) is 2.66. The van der Waals surface area contributed by atoms with E-state index in [1.54, 1.807) is 12.3 Å². The number of nitrogens with two attached hydrogens (primary N) is 1. The second-order valence-electron chi connectivity index (χ2n) is 4.77. The van der Waals surface area contributed by atoms with E-state index in [4.69, 9.17) is 5.73 Å². The minimum Gasteiger partial charge on any atom is -0.404 e. The van der Waals surface area contributed by atoms with E-state index >= 15 is 0 Å². The highest BCUT2D eigenvalue weighted by Crippen LogP contribution is 2.31. The average molecular weight is 256 g/mol. The Morgan fingerprint density at radius 3 is 2.95 bits per heavy atom. The summed E-state index contributed by atoms with van der Waals surface area (Å²) >= 11 is 0. The van der Waals surface area contributed by atoms with Crippen molar-refractivity contribution in [3.05, 3.63) is 42.3 Å². The van der Waals surface area contributed by atoms with Crippen molar-refractivity contribution < 1.29 is 0 Å². The van der Waals surface area contributed by atoms with E-state index < -0.39 is 0 Å². The first kappa shape index (κ1) is 13.3. The zero-order valence-electron chi connectivity index (χ0n) is 11.4. The van der Waals surface area contributed by atoms with Gasteiger partial charge in [-0.05, 0) is 36.2 Å². The van der Waals surface area contributed by atoms with Crippen LogP contribution in [-0.4, -0.2) is 18.2 Å². The van der Waals surface area contributed by atoms with Crippen LogP contribution in [0.25, 0.3) is 0 Å². The SMILES string of the molecule is C=C/C(=C\N)C1C=Nc2ccc(NC)nc2CC1C. The highest BCUT2D eigenvalue weighted by molar-refractivity contribution is 5.72. The van der Waals surface area contributed by atoms with E-state index in [1.807, 2.05) is 25.4 Å². The molecule has 0 saturated heterocycles. The van der Waals surface area contributed by atoms with Crippen molar-refractivity contribution in [3.63, 3.8) is 0 Å². The molecular formula is C15H20N4. The molecule has 4 heteroatoms. The molecule has 0 spiro atoms. The molecule has 0 bridgehead atoms. The highest BCUT2D eigenvalue weighted by Gasteiger charge is 2.23. The maximum Gasteiger partial charge on any atom is 0.126 e. The third kappa shape index (κ3) is 2.67. The van der Waals surface area contributed by atoms with E-state index in [2.05, 4.69) is 28.8 Å². The van der Waals surface area contributed by atoms with E-state index in [0.29, 0.717) is 5.92 Å².